The lowest BCUT2D eigenvalue weighted by atomic mass is 9.99. The van der Waals surface area contributed by atoms with Crippen LogP contribution < -0.4 is 5.32 Å². The number of carbonyl (C=O) groups excluding carboxylic acids is 1. The van der Waals surface area contributed by atoms with Crippen LogP contribution in [0.5, 0.6) is 0 Å². The van der Waals surface area contributed by atoms with Gasteiger partial charge in [0, 0.05) is 0 Å². The third kappa shape index (κ3) is 4.44. The highest BCUT2D eigenvalue weighted by Gasteiger charge is 2.15. The second kappa shape index (κ2) is 7.77. The summed E-state index contributed by atoms with van der Waals surface area (Å²) in [5.74, 6) is -0.740. The molecule has 24 heavy (non-hydrogen) atoms. The second-order valence-corrected chi connectivity index (χ2v) is 6.25. The first-order chi connectivity index (χ1) is 11.4. The van der Waals surface area contributed by atoms with E-state index in [-0.39, 0.29) is 23.9 Å². The normalized spacial score (nSPS) is 12.0. The van der Waals surface area contributed by atoms with Gasteiger partial charge in [-0.25, -0.2) is 4.79 Å². The number of carboxylic acid groups (broad SMARTS) is 1. The zero-order valence-electron chi connectivity index (χ0n) is 14.2. The van der Waals surface area contributed by atoms with Gasteiger partial charge >= 0.3 is 5.97 Å². The summed E-state index contributed by atoms with van der Waals surface area (Å²) in [5, 5.41) is 12.1. The molecule has 2 rings (SSSR count). The summed E-state index contributed by atoms with van der Waals surface area (Å²) in [5.41, 5.74) is 2.97. The molecule has 2 N–H and O–H groups in total. The average Bonchev–Trinajstić information content (AvgIpc) is 2.55. The summed E-state index contributed by atoms with van der Waals surface area (Å²) >= 11 is 0. The fourth-order valence-electron chi connectivity index (χ4n) is 2.60. The second-order valence-electron chi connectivity index (χ2n) is 6.25. The number of hydrogen-bond donors (Lipinski definition) is 2. The molecule has 4 nitrogen and oxygen atoms in total. The van der Waals surface area contributed by atoms with Gasteiger partial charge in [-0.2, -0.15) is 0 Å². The van der Waals surface area contributed by atoms with E-state index in [1.54, 1.807) is 18.2 Å². The van der Waals surface area contributed by atoms with Crippen molar-refractivity contribution in [1.82, 2.24) is 5.32 Å². The number of amides is 1. The Morgan fingerprint density at radius 3 is 2.12 bits per heavy atom. The van der Waals surface area contributed by atoms with Crippen LogP contribution in [0, 0.1) is 0 Å². The molecule has 0 bridgehead atoms. The Labute approximate surface area is 142 Å². The lowest BCUT2D eigenvalue weighted by molar-refractivity contribution is -0.121. The number of rotatable bonds is 6. The highest BCUT2D eigenvalue weighted by atomic mass is 16.4. The molecule has 0 heterocycles. The molecule has 1 amide bonds. The number of hydrogen-bond acceptors (Lipinski definition) is 2. The standard InChI is InChI=1S/C20H23NO3/c1-13(2)15-8-10-16(11-9-15)14(3)21-19(22)12-17-6-4-5-7-18(17)20(23)24/h4-11,13-14H,12H2,1-3H3,(H,21,22)(H,23,24). The molecule has 0 aromatic heterocycles. The van der Waals surface area contributed by atoms with E-state index in [0.29, 0.717) is 11.5 Å². The van der Waals surface area contributed by atoms with Crippen molar-refractivity contribution < 1.29 is 14.7 Å². The van der Waals surface area contributed by atoms with E-state index in [1.165, 1.54) is 11.6 Å². The van der Waals surface area contributed by atoms with Gasteiger partial charge < -0.3 is 10.4 Å². The molecule has 0 radical (unpaired) electrons. The quantitative estimate of drug-likeness (QED) is 0.845. The molecule has 4 heteroatoms. The Morgan fingerprint density at radius 2 is 1.54 bits per heavy atom. The molecule has 0 saturated heterocycles. The summed E-state index contributed by atoms with van der Waals surface area (Å²) in [6, 6.07) is 14.6. The number of carbonyl (C=O) groups is 2. The van der Waals surface area contributed by atoms with Crippen molar-refractivity contribution in [2.24, 2.45) is 0 Å². The van der Waals surface area contributed by atoms with Crippen molar-refractivity contribution in [3.63, 3.8) is 0 Å². The maximum Gasteiger partial charge on any atom is 0.335 e. The van der Waals surface area contributed by atoms with Gasteiger partial charge in [0.05, 0.1) is 18.0 Å². The van der Waals surface area contributed by atoms with Crippen LogP contribution in [0.3, 0.4) is 0 Å². The van der Waals surface area contributed by atoms with Gasteiger partial charge in [0.25, 0.3) is 0 Å². The van der Waals surface area contributed by atoms with Gasteiger partial charge in [-0.3, -0.25) is 4.79 Å². The van der Waals surface area contributed by atoms with Gasteiger partial charge in [0.1, 0.15) is 0 Å². The summed E-state index contributed by atoms with van der Waals surface area (Å²) in [7, 11) is 0. The van der Waals surface area contributed by atoms with Crippen molar-refractivity contribution in [3.8, 4) is 0 Å². The summed E-state index contributed by atoms with van der Waals surface area (Å²) in [6.07, 6.45) is 0.0525. The number of benzene rings is 2. The summed E-state index contributed by atoms with van der Waals surface area (Å²) in [6.45, 7) is 6.20. The van der Waals surface area contributed by atoms with E-state index in [9.17, 15) is 14.7 Å². The zero-order chi connectivity index (χ0) is 17.7. The van der Waals surface area contributed by atoms with Crippen molar-refractivity contribution in [2.75, 3.05) is 0 Å². The van der Waals surface area contributed by atoms with Gasteiger partial charge in [-0.1, -0.05) is 56.3 Å². The molecule has 126 valence electrons. The number of aromatic carboxylic acids is 1. The van der Waals surface area contributed by atoms with E-state index >= 15 is 0 Å². The largest absolute Gasteiger partial charge is 0.478 e. The van der Waals surface area contributed by atoms with Gasteiger partial charge in [-0.05, 0) is 35.6 Å². The maximum absolute atomic E-state index is 12.2. The van der Waals surface area contributed by atoms with E-state index in [2.05, 4.69) is 31.3 Å². The average molecular weight is 325 g/mol. The van der Waals surface area contributed by atoms with Crippen molar-refractivity contribution in [2.45, 2.75) is 39.2 Å². The van der Waals surface area contributed by atoms with Crippen LogP contribution >= 0.6 is 0 Å². The van der Waals surface area contributed by atoms with Crippen molar-refractivity contribution in [3.05, 3.63) is 70.8 Å². The molecule has 2 aromatic carbocycles. The predicted octanol–water partition coefficient (Wildman–Crippen LogP) is 3.93. The Hall–Kier alpha value is -2.62. The van der Waals surface area contributed by atoms with Crippen LogP contribution in [-0.2, 0) is 11.2 Å². The van der Waals surface area contributed by atoms with Crippen LogP contribution in [0.15, 0.2) is 48.5 Å². The Morgan fingerprint density at radius 1 is 0.958 bits per heavy atom. The first-order valence-corrected chi connectivity index (χ1v) is 8.09. The molecule has 0 spiro atoms. The fraction of sp³-hybridized carbons (Fsp3) is 0.300. The summed E-state index contributed by atoms with van der Waals surface area (Å²) < 4.78 is 0. The van der Waals surface area contributed by atoms with Gasteiger partial charge in [0.2, 0.25) is 5.91 Å². The first-order valence-electron chi connectivity index (χ1n) is 8.09. The minimum atomic E-state index is -1.02. The molecule has 2 aromatic rings. The molecule has 0 fully saturated rings. The first kappa shape index (κ1) is 17.7. The molecule has 1 unspecified atom stereocenters. The van der Waals surface area contributed by atoms with E-state index in [1.807, 2.05) is 19.1 Å². The van der Waals surface area contributed by atoms with Gasteiger partial charge in [0.15, 0.2) is 0 Å². The van der Waals surface area contributed by atoms with E-state index in [0.717, 1.165) is 5.56 Å². The molecule has 0 aliphatic carbocycles. The maximum atomic E-state index is 12.2. The minimum Gasteiger partial charge on any atom is -0.478 e. The van der Waals surface area contributed by atoms with Crippen LogP contribution in [0.1, 0.15) is 59.8 Å². The zero-order valence-corrected chi connectivity index (χ0v) is 14.2. The third-order valence-electron chi connectivity index (χ3n) is 4.08. The van der Waals surface area contributed by atoms with Crippen LogP contribution in [0.4, 0.5) is 0 Å². The lowest BCUT2D eigenvalue weighted by Crippen LogP contribution is -2.28. The molecule has 0 aliphatic heterocycles. The Kier molecular flexibility index (Phi) is 5.74. The predicted molar refractivity (Wildman–Crippen MR) is 94.2 cm³/mol. The number of carboxylic acids is 1. The summed E-state index contributed by atoms with van der Waals surface area (Å²) in [4.78, 5) is 23.4. The fourth-order valence-corrected chi connectivity index (χ4v) is 2.60. The Balaban J connectivity index is 2.03. The van der Waals surface area contributed by atoms with Crippen LogP contribution in [0.25, 0.3) is 0 Å². The smallest absolute Gasteiger partial charge is 0.335 e. The van der Waals surface area contributed by atoms with Crippen LogP contribution in [0.2, 0.25) is 0 Å². The lowest BCUT2D eigenvalue weighted by Gasteiger charge is -2.16. The highest BCUT2D eigenvalue weighted by molar-refractivity contribution is 5.91. The monoisotopic (exact) mass is 325 g/mol. The molecular formula is C20H23NO3. The SMILES string of the molecule is CC(C)c1ccc(C(C)NC(=O)Cc2ccccc2C(=O)O)cc1. The van der Waals surface area contributed by atoms with Crippen molar-refractivity contribution in [1.29, 1.82) is 0 Å². The third-order valence-corrected chi connectivity index (χ3v) is 4.08. The molecular weight excluding hydrogens is 302 g/mol. The highest BCUT2D eigenvalue weighted by Crippen LogP contribution is 2.19. The van der Waals surface area contributed by atoms with E-state index in [4.69, 9.17) is 0 Å². The van der Waals surface area contributed by atoms with Crippen molar-refractivity contribution >= 4 is 11.9 Å². The molecule has 0 saturated carbocycles. The topological polar surface area (TPSA) is 66.4 Å². The van der Waals surface area contributed by atoms with Crippen LogP contribution in [-0.4, -0.2) is 17.0 Å². The van der Waals surface area contributed by atoms with Gasteiger partial charge in [-0.15, -0.1) is 0 Å². The number of nitrogens with one attached hydrogen (secondary N) is 1. The minimum absolute atomic E-state index is 0.0525. The molecule has 1 atom stereocenters. The molecule has 0 aliphatic rings. The Bertz CT molecular complexity index is 720. The van der Waals surface area contributed by atoms with E-state index < -0.39 is 5.97 Å².